The summed E-state index contributed by atoms with van der Waals surface area (Å²) in [6, 6.07) is 6.13. The van der Waals surface area contributed by atoms with E-state index in [2.05, 4.69) is 20.7 Å². The summed E-state index contributed by atoms with van der Waals surface area (Å²) < 4.78 is 27.4. The van der Waals surface area contributed by atoms with Gasteiger partial charge in [-0.3, -0.25) is 4.79 Å². The van der Waals surface area contributed by atoms with Crippen molar-refractivity contribution in [3.63, 3.8) is 0 Å². The lowest BCUT2D eigenvalue weighted by molar-refractivity contribution is -0.144. The van der Waals surface area contributed by atoms with Crippen LogP contribution in [-0.2, 0) is 14.8 Å². The predicted octanol–water partition coefficient (Wildman–Crippen LogP) is 2.37. The number of carbonyl (C=O) groups is 1. The van der Waals surface area contributed by atoms with Crippen LogP contribution in [0.1, 0.15) is 26.7 Å². The lowest BCUT2D eigenvalue weighted by Gasteiger charge is -2.27. The van der Waals surface area contributed by atoms with Crippen LogP contribution in [0.2, 0.25) is 0 Å². The second-order valence-electron chi connectivity index (χ2n) is 4.16. The van der Waals surface area contributed by atoms with Crippen LogP contribution in [-0.4, -0.2) is 25.0 Å². The molecule has 1 aromatic rings. The number of halogens is 1. The minimum Gasteiger partial charge on any atom is -0.480 e. The number of carboxylic acids is 1. The van der Waals surface area contributed by atoms with Gasteiger partial charge in [0, 0.05) is 4.47 Å². The molecule has 2 N–H and O–H groups in total. The van der Waals surface area contributed by atoms with Crippen molar-refractivity contribution in [1.82, 2.24) is 4.72 Å². The van der Waals surface area contributed by atoms with Gasteiger partial charge < -0.3 is 5.11 Å². The Labute approximate surface area is 121 Å². The molecular weight excluding hydrogens is 334 g/mol. The van der Waals surface area contributed by atoms with Crippen molar-refractivity contribution in [3.8, 4) is 0 Å². The molecule has 0 fully saturated rings. The molecule has 7 heteroatoms. The van der Waals surface area contributed by atoms with Crippen LogP contribution >= 0.6 is 15.9 Å². The summed E-state index contributed by atoms with van der Waals surface area (Å²) in [5.74, 6) is -1.17. The Morgan fingerprint density at radius 1 is 1.37 bits per heavy atom. The van der Waals surface area contributed by atoms with Gasteiger partial charge in [-0.15, -0.1) is 0 Å². The van der Waals surface area contributed by atoms with E-state index >= 15 is 0 Å². The SMILES string of the molecule is CCC(CC)(NS(=O)(=O)c1cccc(Br)c1)C(=O)O. The Morgan fingerprint density at radius 3 is 2.37 bits per heavy atom. The first-order valence-corrected chi connectivity index (χ1v) is 8.08. The fourth-order valence-electron chi connectivity index (χ4n) is 1.69. The zero-order valence-corrected chi connectivity index (χ0v) is 13.1. The van der Waals surface area contributed by atoms with E-state index in [9.17, 15) is 18.3 Å². The van der Waals surface area contributed by atoms with Crippen molar-refractivity contribution < 1.29 is 18.3 Å². The quantitative estimate of drug-likeness (QED) is 0.825. The Kier molecular flexibility index (Phi) is 5.11. The van der Waals surface area contributed by atoms with Crippen LogP contribution in [0.4, 0.5) is 0 Å². The summed E-state index contributed by atoms with van der Waals surface area (Å²) in [5, 5.41) is 9.25. The molecule has 0 atom stereocenters. The van der Waals surface area contributed by atoms with Crippen molar-refractivity contribution in [1.29, 1.82) is 0 Å². The average molecular weight is 350 g/mol. The third-order valence-corrected chi connectivity index (χ3v) is 5.08. The summed E-state index contributed by atoms with van der Waals surface area (Å²) >= 11 is 3.19. The van der Waals surface area contributed by atoms with Crippen LogP contribution in [0.15, 0.2) is 33.6 Å². The minimum absolute atomic E-state index is 0.0365. The molecule has 19 heavy (non-hydrogen) atoms. The molecule has 0 radical (unpaired) electrons. The lowest BCUT2D eigenvalue weighted by Crippen LogP contribution is -2.53. The van der Waals surface area contributed by atoms with Gasteiger partial charge in [-0.05, 0) is 31.0 Å². The molecule has 0 unspecified atom stereocenters. The van der Waals surface area contributed by atoms with Crippen LogP contribution in [0.5, 0.6) is 0 Å². The average Bonchev–Trinajstić information content (AvgIpc) is 2.35. The monoisotopic (exact) mass is 349 g/mol. The Hall–Kier alpha value is -0.920. The molecule has 0 spiro atoms. The first-order chi connectivity index (χ1) is 8.77. The van der Waals surface area contributed by atoms with Crippen LogP contribution < -0.4 is 4.72 Å². The van der Waals surface area contributed by atoms with Gasteiger partial charge in [0.05, 0.1) is 4.90 Å². The zero-order valence-electron chi connectivity index (χ0n) is 10.7. The standard InChI is InChI=1S/C12H16BrNO4S/c1-3-12(4-2,11(15)16)14-19(17,18)10-7-5-6-9(13)8-10/h5-8,14H,3-4H2,1-2H3,(H,15,16). The highest BCUT2D eigenvalue weighted by atomic mass is 79.9. The number of nitrogens with one attached hydrogen (secondary N) is 1. The number of hydrogen-bond acceptors (Lipinski definition) is 3. The maximum absolute atomic E-state index is 12.2. The van der Waals surface area contributed by atoms with Crippen molar-refractivity contribution >= 4 is 31.9 Å². The van der Waals surface area contributed by atoms with Gasteiger partial charge in [0.25, 0.3) is 0 Å². The van der Waals surface area contributed by atoms with Gasteiger partial charge >= 0.3 is 5.97 Å². The summed E-state index contributed by atoms with van der Waals surface area (Å²) in [4.78, 5) is 11.4. The molecule has 0 aromatic heterocycles. The highest BCUT2D eigenvalue weighted by Crippen LogP contribution is 2.22. The van der Waals surface area contributed by atoms with Gasteiger partial charge in [0.1, 0.15) is 5.54 Å². The normalized spacial score (nSPS) is 12.4. The molecule has 0 heterocycles. The molecule has 0 amide bonds. The van der Waals surface area contributed by atoms with Crippen LogP contribution in [0.25, 0.3) is 0 Å². The fraction of sp³-hybridized carbons (Fsp3) is 0.417. The maximum atomic E-state index is 12.2. The van der Waals surface area contributed by atoms with Crippen LogP contribution in [0, 0.1) is 0 Å². The lowest BCUT2D eigenvalue weighted by atomic mass is 9.95. The largest absolute Gasteiger partial charge is 0.480 e. The van der Waals surface area contributed by atoms with Gasteiger partial charge in [-0.25, -0.2) is 8.42 Å². The Morgan fingerprint density at radius 2 is 1.95 bits per heavy atom. The molecule has 0 saturated carbocycles. The molecule has 0 aliphatic rings. The Bertz CT molecular complexity index is 567. The molecule has 0 bridgehead atoms. The summed E-state index contributed by atoms with van der Waals surface area (Å²) in [7, 11) is -3.87. The topological polar surface area (TPSA) is 83.5 Å². The van der Waals surface area contributed by atoms with E-state index in [0.29, 0.717) is 4.47 Å². The molecular formula is C12H16BrNO4S. The number of sulfonamides is 1. The summed E-state index contributed by atoms with van der Waals surface area (Å²) in [6.45, 7) is 3.28. The maximum Gasteiger partial charge on any atom is 0.324 e. The molecule has 1 rings (SSSR count). The van der Waals surface area contributed by atoms with Crippen molar-refractivity contribution in [2.24, 2.45) is 0 Å². The number of benzene rings is 1. The number of rotatable bonds is 6. The second kappa shape index (κ2) is 6.02. The number of carboxylic acid groups (broad SMARTS) is 1. The van der Waals surface area contributed by atoms with Gasteiger partial charge in [0.2, 0.25) is 10.0 Å². The third-order valence-electron chi connectivity index (χ3n) is 3.05. The molecule has 0 aliphatic heterocycles. The molecule has 1 aromatic carbocycles. The van der Waals surface area contributed by atoms with Crippen LogP contribution in [0.3, 0.4) is 0 Å². The van der Waals surface area contributed by atoms with Crippen molar-refractivity contribution in [3.05, 3.63) is 28.7 Å². The number of hydrogen-bond donors (Lipinski definition) is 2. The van der Waals surface area contributed by atoms with E-state index in [4.69, 9.17) is 0 Å². The van der Waals surface area contributed by atoms with Crippen molar-refractivity contribution in [2.45, 2.75) is 37.1 Å². The third kappa shape index (κ3) is 3.55. The van der Waals surface area contributed by atoms with Gasteiger partial charge in [0.15, 0.2) is 0 Å². The smallest absolute Gasteiger partial charge is 0.324 e. The Balaban J connectivity index is 3.18. The molecule has 106 valence electrons. The van der Waals surface area contributed by atoms with E-state index in [0.717, 1.165) is 0 Å². The second-order valence-corrected chi connectivity index (χ2v) is 6.76. The van der Waals surface area contributed by atoms with E-state index < -0.39 is 21.5 Å². The van der Waals surface area contributed by atoms with Crippen molar-refractivity contribution in [2.75, 3.05) is 0 Å². The highest BCUT2D eigenvalue weighted by Gasteiger charge is 2.39. The number of aliphatic carboxylic acids is 1. The van der Waals surface area contributed by atoms with E-state index in [1.807, 2.05) is 0 Å². The first-order valence-electron chi connectivity index (χ1n) is 5.80. The molecule has 0 aliphatic carbocycles. The highest BCUT2D eigenvalue weighted by molar-refractivity contribution is 9.10. The van der Waals surface area contributed by atoms with Gasteiger partial charge in [-0.2, -0.15) is 4.72 Å². The molecule has 5 nitrogen and oxygen atoms in total. The van der Waals surface area contributed by atoms with Gasteiger partial charge in [-0.1, -0.05) is 35.8 Å². The first kappa shape index (κ1) is 16.1. The van der Waals surface area contributed by atoms with E-state index in [1.165, 1.54) is 12.1 Å². The fourth-order valence-corrected chi connectivity index (χ4v) is 3.79. The zero-order chi connectivity index (χ0) is 14.7. The summed E-state index contributed by atoms with van der Waals surface area (Å²) in [5.41, 5.74) is -1.47. The summed E-state index contributed by atoms with van der Waals surface area (Å²) in [6.07, 6.45) is 0.345. The minimum atomic E-state index is -3.87. The van der Waals surface area contributed by atoms with E-state index in [-0.39, 0.29) is 17.7 Å². The molecule has 0 saturated heterocycles. The predicted molar refractivity (Wildman–Crippen MR) is 75.4 cm³/mol. The van der Waals surface area contributed by atoms with E-state index in [1.54, 1.807) is 26.0 Å².